The van der Waals surface area contributed by atoms with Gasteiger partial charge in [-0.05, 0) is 69.3 Å². The standard InChI is InChI=1S/C23H41N3O3S/c1-18(11-13-23(4)19(2)8-6-9-20(23)3)7-5-10-21(17-27)12-15-30(28,29)16-14-26-22(24)25/h7-8,12,20,27H,5-6,9-11,13-17H2,1-4H3,(H4,24,25,26)/b18-7+,21-12-. The fourth-order valence-electron chi connectivity index (χ4n) is 3.88. The van der Waals surface area contributed by atoms with Crippen molar-refractivity contribution in [2.24, 2.45) is 27.8 Å². The molecule has 6 nitrogen and oxygen atoms in total. The van der Waals surface area contributed by atoms with Gasteiger partial charge < -0.3 is 16.6 Å². The Labute approximate surface area is 183 Å². The summed E-state index contributed by atoms with van der Waals surface area (Å²) < 4.78 is 24.1. The first kappa shape index (κ1) is 26.4. The Morgan fingerprint density at radius 3 is 2.63 bits per heavy atom. The quantitative estimate of drug-likeness (QED) is 0.244. The number of guanidine groups is 1. The van der Waals surface area contributed by atoms with Crippen molar-refractivity contribution < 1.29 is 13.5 Å². The molecule has 1 aliphatic rings. The van der Waals surface area contributed by atoms with E-state index in [9.17, 15) is 13.5 Å². The van der Waals surface area contributed by atoms with Crippen molar-refractivity contribution in [2.75, 3.05) is 24.7 Å². The molecule has 1 rings (SSSR count). The largest absolute Gasteiger partial charge is 0.392 e. The highest BCUT2D eigenvalue weighted by molar-refractivity contribution is 7.91. The molecule has 2 atom stereocenters. The van der Waals surface area contributed by atoms with Gasteiger partial charge in [-0.3, -0.25) is 4.99 Å². The van der Waals surface area contributed by atoms with E-state index in [-0.39, 0.29) is 36.0 Å². The van der Waals surface area contributed by atoms with Gasteiger partial charge in [-0.1, -0.05) is 43.2 Å². The zero-order chi connectivity index (χ0) is 22.8. The number of allylic oxidation sites excluding steroid dienone is 4. The number of hydrogen-bond donors (Lipinski definition) is 3. The third-order valence-corrected chi connectivity index (χ3v) is 8.04. The van der Waals surface area contributed by atoms with Gasteiger partial charge in [0.2, 0.25) is 0 Å². The Hall–Kier alpha value is -1.60. The van der Waals surface area contributed by atoms with E-state index in [1.807, 2.05) is 0 Å². The van der Waals surface area contributed by atoms with Crippen LogP contribution >= 0.6 is 0 Å². The number of nitrogens with zero attached hydrogens (tertiary/aromatic N) is 1. The summed E-state index contributed by atoms with van der Waals surface area (Å²) in [6.07, 6.45) is 12.3. The van der Waals surface area contributed by atoms with Crippen LogP contribution in [-0.4, -0.2) is 44.1 Å². The normalized spacial score (nSPS) is 23.2. The van der Waals surface area contributed by atoms with E-state index in [0.29, 0.717) is 12.3 Å². The summed E-state index contributed by atoms with van der Waals surface area (Å²) in [4.78, 5) is 3.70. The molecular weight excluding hydrogens is 398 g/mol. The Kier molecular flexibility index (Phi) is 10.8. The van der Waals surface area contributed by atoms with E-state index in [1.165, 1.54) is 24.0 Å². The van der Waals surface area contributed by atoms with E-state index in [4.69, 9.17) is 11.5 Å². The molecule has 0 heterocycles. The number of aliphatic hydroxyl groups is 1. The molecule has 1 aliphatic carbocycles. The number of aliphatic imine (C=N–C) groups is 1. The topological polar surface area (TPSA) is 119 Å². The van der Waals surface area contributed by atoms with Crippen molar-refractivity contribution in [3.05, 3.63) is 34.9 Å². The van der Waals surface area contributed by atoms with Gasteiger partial charge in [-0.25, -0.2) is 8.42 Å². The predicted octanol–water partition coefficient (Wildman–Crippen LogP) is 3.48. The van der Waals surface area contributed by atoms with Crippen LogP contribution in [0.4, 0.5) is 0 Å². The van der Waals surface area contributed by atoms with Crippen molar-refractivity contribution in [3.8, 4) is 0 Å². The summed E-state index contributed by atoms with van der Waals surface area (Å²) >= 11 is 0. The third kappa shape index (κ3) is 9.04. The number of rotatable bonds is 12. The molecular formula is C23H41N3O3S. The van der Waals surface area contributed by atoms with Crippen molar-refractivity contribution in [1.29, 1.82) is 0 Å². The van der Waals surface area contributed by atoms with E-state index < -0.39 is 9.84 Å². The molecule has 7 heteroatoms. The Balaban J connectivity index is 2.53. The second-order valence-electron chi connectivity index (χ2n) is 8.81. The molecule has 0 saturated heterocycles. The number of sulfone groups is 1. The van der Waals surface area contributed by atoms with Gasteiger partial charge in [-0.15, -0.1) is 0 Å². The molecule has 0 fully saturated rings. The van der Waals surface area contributed by atoms with Gasteiger partial charge >= 0.3 is 0 Å². The van der Waals surface area contributed by atoms with Crippen molar-refractivity contribution in [1.82, 2.24) is 0 Å². The first-order chi connectivity index (χ1) is 14.0. The fraction of sp³-hybridized carbons (Fsp3) is 0.696. The highest BCUT2D eigenvalue weighted by Gasteiger charge is 2.34. The van der Waals surface area contributed by atoms with Crippen LogP contribution < -0.4 is 11.5 Å². The fourth-order valence-corrected chi connectivity index (χ4v) is 4.91. The lowest BCUT2D eigenvalue weighted by Crippen LogP contribution is -2.29. The minimum atomic E-state index is -3.29. The molecule has 0 saturated carbocycles. The van der Waals surface area contributed by atoms with Crippen LogP contribution in [-0.2, 0) is 9.84 Å². The van der Waals surface area contributed by atoms with E-state index in [0.717, 1.165) is 24.8 Å². The van der Waals surface area contributed by atoms with Crippen molar-refractivity contribution in [2.45, 2.75) is 66.2 Å². The molecule has 30 heavy (non-hydrogen) atoms. The van der Waals surface area contributed by atoms with E-state index >= 15 is 0 Å². The lowest BCUT2D eigenvalue weighted by Gasteiger charge is -2.40. The molecule has 0 bridgehead atoms. The summed E-state index contributed by atoms with van der Waals surface area (Å²) in [6.45, 7) is 9.09. The Morgan fingerprint density at radius 1 is 1.33 bits per heavy atom. The highest BCUT2D eigenvalue weighted by Crippen LogP contribution is 2.45. The molecule has 172 valence electrons. The SMILES string of the molecule is CC1=CCCC(C)C1(C)CC/C(C)=C/CC/C(=C/CS(=O)(=O)CCN=C(N)N)CO. The third-order valence-electron chi connectivity index (χ3n) is 6.56. The second kappa shape index (κ2) is 12.3. The molecule has 0 aliphatic heterocycles. The summed E-state index contributed by atoms with van der Waals surface area (Å²) in [5, 5.41) is 9.56. The van der Waals surface area contributed by atoms with Gasteiger partial charge in [0.15, 0.2) is 15.8 Å². The van der Waals surface area contributed by atoms with Gasteiger partial charge in [0.25, 0.3) is 0 Å². The van der Waals surface area contributed by atoms with Crippen LogP contribution in [0.2, 0.25) is 0 Å². The zero-order valence-corrected chi connectivity index (χ0v) is 20.0. The highest BCUT2D eigenvalue weighted by atomic mass is 32.2. The molecule has 0 aromatic carbocycles. The van der Waals surface area contributed by atoms with Gasteiger partial charge in [0, 0.05) is 0 Å². The average molecular weight is 440 g/mol. The molecule has 0 aromatic heterocycles. The molecule has 0 radical (unpaired) electrons. The molecule has 5 N–H and O–H groups in total. The smallest absolute Gasteiger partial charge is 0.185 e. The van der Waals surface area contributed by atoms with Crippen LogP contribution in [0.15, 0.2) is 39.9 Å². The van der Waals surface area contributed by atoms with Crippen LogP contribution in [0.5, 0.6) is 0 Å². The van der Waals surface area contributed by atoms with Crippen LogP contribution in [0, 0.1) is 11.3 Å². The van der Waals surface area contributed by atoms with Crippen LogP contribution in [0.25, 0.3) is 0 Å². The lowest BCUT2D eigenvalue weighted by atomic mass is 9.65. The first-order valence-electron chi connectivity index (χ1n) is 10.9. The number of hydrogen-bond acceptors (Lipinski definition) is 4. The molecule has 2 unspecified atom stereocenters. The summed E-state index contributed by atoms with van der Waals surface area (Å²) in [6, 6.07) is 0. The predicted molar refractivity (Wildman–Crippen MR) is 127 cm³/mol. The van der Waals surface area contributed by atoms with Gasteiger partial charge in [0.05, 0.1) is 24.7 Å². The van der Waals surface area contributed by atoms with Crippen molar-refractivity contribution >= 4 is 15.8 Å². The number of aliphatic hydroxyl groups excluding tert-OH is 1. The number of nitrogens with two attached hydrogens (primary N) is 2. The lowest BCUT2D eigenvalue weighted by molar-refractivity contribution is 0.211. The van der Waals surface area contributed by atoms with Crippen LogP contribution in [0.3, 0.4) is 0 Å². The summed E-state index contributed by atoms with van der Waals surface area (Å²) in [5.41, 5.74) is 14.3. The first-order valence-corrected chi connectivity index (χ1v) is 12.7. The van der Waals surface area contributed by atoms with Gasteiger partial charge in [0.1, 0.15) is 0 Å². The average Bonchev–Trinajstić information content (AvgIpc) is 2.66. The Morgan fingerprint density at radius 2 is 2.03 bits per heavy atom. The van der Waals surface area contributed by atoms with Gasteiger partial charge in [-0.2, -0.15) is 0 Å². The van der Waals surface area contributed by atoms with E-state index in [2.05, 4.69) is 44.8 Å². The minimum Gasteiger partial charge on any atom is -0.392 e. The van der Waals surface area contributed by atoms with Crippen LogP contribution in [0.1, 0.15) is 66.2 Å². The second-order valence-corrected chi connectivity index (χ2v) is 11.0. The zero-order valence-electron chi connectivity index (χ0n) is 19.2. The summed E-state index contributed by atoms with van der Waals surface area (Å²) in [5.74, 6) is 0.377. The maximum absolute atomic E-state index is 12.0. The monoisotopic (exact) mass is 439 g/mol. The minimum absolute atomic E-state index is 0.0566. The molecule has 0 spiro atoms. The molecule has 0 amide bonds. The van der Waals surface area contributed by atoms with E-state index in [1.54, 1.807) is 6.08 Å². The summed E-state index contributed by atoms with van der Waals surface area (Å²) in [7, 11) is -3.29. The maximum atomic E-state index is 12.0. The Bertz CT molecular complexity index is 778. The van der Waals surface area contributed by atoms with Crippen molar-refractivity contribution in [3.63, 3.8) is 0 Å². The maximum Gasteiger partial charge on any atom is 0.185 e. The molecule has 0 aromatic rings.